The van der Waals surface area contributed by atoms with Gasteiger partial charge in [0.1, 0.15) is 11.9 Å². The average molecular weight is 283 g/mol. The molecule has 0 aliphatic heterocycles. The van der Waals surface area contributed by atoms with E-state index in [9.17, 15) is 0 Å². The lowest BCUT2D eigenvalue weighted by molar-refractivity contribution is 0.128. The minimum atomic E-state index is 0.422. The van der Waals surface area contributed by atoms with E-state index in [1.807, 2.05) is 0 Å². The van der Waals surface area contributed by atoms with Gasteiger partial charge in [0.15, 0.2) is 0 Å². The minimum absolute atomic E-state index is 0.422. The Bertz CT molecular complexity index is 314. The third-order valence-electron chi connectivity index (χ3n) is 3.08. The maximum atomic E-state index is 5.85. The van der Waals surface area contributed by atoms with Crippen molar-refractivity contribution in [3.63, 3.8) is 0 Å². The van der Waals surface area contributed by atoms with Crippen LogP contribution in [-0.2, 0) is 6.42 Å². The molecule has 1 fully saturated rings. The minimum Gasteiger partial charge on any atom is -0.490 e. The lowest BCUT2D eigenvalue weighted by atomic mass is 9.96. The van der Waals surface area contributed by atoms with Crippen molar-refractivity contribution in [2.24, 2.45) is 0 Å². The number of halogens is 1. The molecule has 0 amide bonds. The van der Waals surface area contributed by atoms with Crippen molar-refractivity contribution >= 4 is 15.9 Å². The van der Waals surface area contributed by atoms with Gasteiger partial charge < -0.3 is 4.74 Å². The molecule has 1 aromatic rings. The van der Waals surface area contributed by atoms with Gasteiger partial charge in [-0.25, -0.2) is 0 Å². The molecule has 88 valence electrons. The molecule has 1 aliphatic carbocycles. The van der Waals surface area contributed by atoms with Gasteiger partial charge in [-0.05, 0) is 43.4 Å². The van der Waals surface area contributed by atoms with Crippen LogP contribution in [0, 0.1) is 0 Å². The van der Waals surface area contributed by atoms with Crippen LogP contribution in [0.2, 0.25) is 0 Å². The van der Waals surface area contributed by atoms with Crippen LogP contribution in [0.5, 0.6) is 5.75 Å². The highest BCUT2D eigenvalue weighted by Gasteiger charge is 2.28. The summed E-state index contributed by atoms with van der Waals surface area (Å²) >= 11 is 3.57. The van der Waals surface area contributed by atoms with E-state index in [2.05, 4.69) is 47.1 Å². The Morgan fingerprint density at radius 1 is 1.25 bits per heavy atom. The second-order valence-corrected chi connectivity index (χ2v) is 5.85. The van der Waals surface area contributed by atoms with Gasteiger partial charge >= 0.3 is 0 Å². The zero-order valence-electron chi connectivity index (χ0n) is 9.79. The van der Waals surface area contributed by atoms with Gasteiger partial charge in [0, 0.05) is 4.83 Å². The first-order valence-electron chi connectivity index (χ1n) is 6.17. The lowest BCUT2D eigenvalue weighted by Gasteiger charge is -2.31. The Labute approximate surface area is 106 Å². The highest BCUT2D eigenvalue weighted by atomic mass is 79.9. The van der Waals surface area contributed by atoms with Crippen molar-refractivity contribution in [2.45, 2.75) is 50.0 Å². The summed E-state index contributed by atoms with van der Waals surface area (Å²) < 4.78 is 5.85. The van der Waals surface area contributed by atoms with E-state index in [-0.39, 0.29) is 0 Å². The molecule has 1 saturated carbocycles. The van der Waals surface area contributed by atoms with E-state index >= 15 is 0 Å². The molecule has 0 spiro atoms. The maximum absolute atomic E-state index is 5.85. The van der Waals surface area contributed by atoms with Crippen molar-refractivity contribution < 1.29 is 4.74 Å². The fourth-order valence-corrected chi connectivity index (χ4v) is 2.74. The molecule has 2 rings (SSSR count). The summed E-state index contributed by atoms with van der Waals surface area (Å²) in [4.78, 5) is 0.668. The molecular formula is C14H19BrO. The SMILES string of the molecule is CCCCc1ccc(OC2CC(Br)C2)cc1. The fraction of sp³-hybridized carbons (Fsp3) is 0.571. The number of aryl methyl sites for hydroxylation is 1. The normalized spacial score (nSPS) is 23.9. The lowest BCUT2D eigenvalue weighted by Crippen LogP contribution is -2.33. The van der Waals surface area contributed by atoms with E-state index in [1.165, 1.54) is 24.8 Å². The van der Waals surface area contributed by atoms with Gasteiger partial charge in [0.2, 0.25) is 0 Å². The van der Waals surface area contributed by atoms with Crippen molar-refractivity contribution in [3.8, 4) is 5.75 Å². The van der Waals surface area contributed by atoms with Crippen molar-refractivity contribution in [1.82, 2.24) is 0 Å². The third-order valence-corrected chi connectivity index (χ3v) is 3.83. The van der Waals surface area contributed by atoms with Crippen molar-refractivity contribution in [2.75, 3.05) is 0 Å². The third kappa shape index (κ3) is 3.24. The Kier molecular flexibility index (Phi) is 4.28. The first kappa shape index (κ1) is 12.0. The number of unbranched alkanes of at least 4 members (excludes halogenated alkanes) is 1. The van der Waals surface area contributed by atoms with Gasteiger partial charge in [-0.2, -0.15) is 0 Å². The maximum Gasteiger partial charge on any atom is 0.119 e. The van der Waals surface area contributed by atoms with Gasteiger partial charge in [-0.1, -0.05) is 41.4 Å². The van der Waals surface area contributed by atoms with Crippen molar-refractivity contribution in [3.05, 3.63) is 29.8 Å². The summed E-state index contributed by atoms with van der Waals surface area (Å²) in [6.07, 6.45) is 6.41. The molecule has 0 saturated heterocycles. The molecule has 0 bridgehead atoms. The van der Waals surface area contributed by atoms with Crippen LogP contribution in [0.15, 0.2) is 24.3 Å². The first-order chi connectivity index (χ1) is 7.78. The topological polar surface area (TPSA) is 9.23 Å². The summed E-state index contributed by atoms with van der Waals surface area (Å²) in [6.45, 7) is 2.23. The quantitative estimate of drug-likeness (QED) is 0.731. The molecule has 0 N–H and O–H groups in total. The molecule has 0 unspecified atom stereocenters. The Morgan fingerprint density at radius 2 is 1.94 bits per heavy atom. The second kappa shape index (κ2) is 5.72. The molecular weight excluding hydrogens is 264 g/mol. The van der Waals surface area contributed by atoms with Crippen LogP contribution in [0.3, 0.4) is 0 Å². The van der Waals surface area contributed by atoms with E-state index in [0.29, 0.717) is 10.9 Å². The standard InChI is InChI=1S/C14H19BrO/c1-2-3-4-11-5-7-13(8-6-11)16-14-9-12(15)10-14/h5-8,12,14H,2-4,9-10H2,1H3. The van der Waals surface area contributed by atoms with E-state index in [1.54, 1.807) is 0 Å². The first-order valence-corrected chi connectivity index (χ1v) is 7.09. The van der Waals surface area contributed by atoms with Gasteiger partial charge in [-0.15, -0.1) is 0 Å². The average Bonchev–Trinajstić information content (AvgIpc) is 2.26. The molecule has 0 radical (unpaired) electrons. The van der Waals surface area contributed by atoms with Crippen LogP contribution in [0.1, 0.15) is 38.2 Å². The Hall–Kier alpha value is -0.500. The number of alkyl halides is 1. The number of hydrogen-bond acceptors (Lipinski definition) is 1. The predicted molar refractivity (Wildman–Crippen MR) is 71.4 cm³/mol. The molecule has 0 atom stereocenters. The van der Waals surface area contributed by atoms with E-state index in [4.69, 9.17) is 4.74 Å². The van der Waals surface area contributed by atoms with Crippen LogP contribution in [0.25, 0.3) is 0 Å². The molecule has 0 aromatic heterocycles. The summed E-state index contributed by atoms with van der Waals surface area (Å²) in [6, 6.07) is 8.59. The highest BCUT2D eigenvalue weighted by Crippen LogP contribution is 2.31. The molecule has 0 heterocycles. The van der Waals surface area contributed by atoms with E-state index < -0.39 is 0 Å². The highest BCUT2D eigenvalue weighted by molar-refractivity contribution is 9.09. The number of rotatable bonds is 5. The monoisotopic (exact) mass is 282 g/mol. The van der Waals surface area contributed by atoms with Crippen molar-refractivity contribution in [1.29, 1.82) is 0 Å². The summed E-state index contributed by atoms with van der Waals surface area (Å²) in [7, 11) is 0. The van der Waals surface area contributed by atoms with Crippen LogP contribution >= 0.6 is 15.9 Å². The molecule has 1 aromatic carbocycles. The van der Waals surface area contributed by atoms with Crippen LogP contribution in [0.4, 0.5) is 0 Å². The predicted octanol–water partition coefficient (Wildman–Crippen LogP) is 4.33. The van der Waals surface area contributed by atoms with E-state index in [0.717, 1.165) is 18.6 Å². The molecule has 16 heavy (non-hydrogen) atoms. The molecule has 1 aliphatic rings. The number of benzene rings is 1. The zero-order chi connectivity index (χ0) is 11.4. The Balaban J connectivity index is 1.82. The molecule has 2 heteroatoms. The summed E-state index contributed by atoms with van der Waals surface area (Å²) in [5, 5.41) is 0. The summed E-state index contributed by atoms with van der Waals surface area (Å²) in [5.74, 6) is 1.02. The number of ether oxygens (including phenoxy) is 1. The molecule has 1 nitrogen and oxygen atoms in total. The van der Waals surface area contributed by atoms with Gasteiger partial charge in [0.25, 0.3) is 0 Å². The second-order valence-electron chi connectivity index (χ2n) is 4.56. The Morgan fingerprint density at radius 3 is 2.50 bits per heavy atom. The number of hydrogen-bond donors (Lipinski definition) is 0. The zero-order valence-corrected chi connectivity index (χ0v) is 11.4. The van der Waals surface area contributed by atoms with Gasteiger partial charge in [-0.3, -0.25) is 0 Å². The van der Waals surface area contributed by atoms with Gasteiger partial charge in [0.05, 0.1) is 0 Å². The smallest absolute Gasteiger partial charge is 0.119 e. The largest absolute Gasteiger partial charge is 0.490 e. The van der Waals surface area contributed by atoms with Crippen LogP contribution < -0.4 is 4.74 Å². The fourth-order valence-electron chi connectivity index (χ4n) is 1.91. The summed E-state index contributed by atoms with van der Waals surface area (Å²) in [5.41, 5.74) is 1.42. The van der Waals surface area contributed by atoms with Crippen LogP contribution in [-0.4, -0.2) is 10.9 Å².